The fourth-order valence-electron chi connectivity index (χ4n) is 1.37. The first-order valence-corrected chi connectivity index (χ1v) is 5.35. The van der Waals surface area contributed by atoms with Crippen LogP contribution < -0.4 is 0 Å². The standard InChI is InChI=1S/C13H17F3/c1-12(2,3)8-9-13(15,16)10-4-6-11(14)7-5-10/h4-7H,8-9H2,1-3H3. The van der Waals surface area contributed by atoms with Gasteiger partial charge in [0.25, 0.3) is 5.92 Å². The van der Waals surface area contributed by atoms with Crippen molar-refractivity contribution in [1.29, 1.82) is 0 Å². The summed E-state index contributed by atoms with van der Waals surface area (Å²) in [5.74, 6) is -3.36. The summed E-state index contributed by atoms with van der Waals surface area (Å²) in [6.07, 6.45) is 0.222. The molecule has 0 heterocycles. The Morgan fingerprint density at radius 3 is 1.88 bits per heavy atom. The van der Waals surface area contributed by atoms with Gasteiger partial charge < -0.3 is 0 Å². The molecule has 0 aromatic heterocycles. The highest BCUT2D eigenvalue weighted by Gasteiger charge is 2.32. The molecule has 1 aromatic carbocycles. The number of halogens is 3. The van der Waals surface area contributed by atoms with Gasteiger partial charge in [-0.15, -0.1) is 0 Å². The normalized spacial score (nSPS) is 12.9. The molecule has 0 aliphatic rings. The molecule has 3 heteroatoms. The minimum atomic E-state index is -2.87. The van der Waals surface area contributed by atoms with Crippen molar-refractivity contribution in [2.45, 2.75) is 39.5 Å². The molecule has 1 aromatic rings. The summed E-state index contributed by atoms with van der Waals surface area (Å²) >= 11 is 0. The van der Waals surface area contributed by atoms with E-state index < -0.39 is 11.7 Å². The first-order valence-electron chi connectivity index (χ1n) is 5.35. The maximum absolute atomic E-state index is 13.7. The molecule has 1 rings (SSSR count). The first kappa shape index (κ1) is 13.1. The van der Waals surface area contributed by atoms with E-state index in [9.17, 15) is 13.2 Å². The number of rotatable bonds is 3. The Morgan fingerprint density at radius 1 is 0.938 bits per heavy atom. The molecule has 0 N–H and O–H groups in total. The third kappa shape index (κ3) is 3.87. The lowest BCUT2D eigenvalue weighted by molar-refractivity contribution is -0.0229. The Kier molecular flexibility index (Phi) is 3.66. The van der Waals surface area contributed by atoms with E-state index >= 15 is 0 Å². The number of alkyl halides is 2. The second kappa shape index (κ2) is 4.48. The van der Waals surface area contributed by atoms with Crippen molar-refractivity contribution in [3.05, 3.63) is 35.6 Å². The average molecular weight is 230 g/mol. The molecule has 0 atom stereocenters. The maximum atomic E-state index is 13.7. The van der Waals surface area contributed by atoms with Crippen LogP contribution in [0.2, 0.25) is 0 Å². The summed E-state index contributed by atoms with van der Waals surface area (Å²) in [6, 6.07) is 4.44. The number of hydrogen-bond donors (Lipinski definition) is 0. The number of benzene rings is 1. The summed E-state index contributed by atoms with van der Waals surface area (Å²) < 4.78 is 40.0. The minimum absolute atomic E-state index is 0.113. The van der Waals surface area contributed by atoms with Crippen molar-refractivity contribution >= 4 is 0 Å². The lowest BCUT2D eigenvalue weighted by Gasteiger charge is -2.23. The summed E-state index contributed by atoms with van der Waals surface area (Å²) in [6.45, 7) is 5.77. The molecule has 0 unspecified atom stereocenters. The van der Waals surface area contributed by atoms with Gasteiger partial charge in [0.2, 0.25) is 0 Å². The molecule has 0 aliphatic heterocycles. The molecule has 0 aliphatic carbocycles. The largest absolute Gasteiger partial charge is 0.273 e. The zero-order valence-electron chi connectivity index (χ0n) is 9.86. The van der Waals surface area contributed by atoms with Crippen molar-refractivity contribution in [1.82, 2.24) is 0 Å². The topological polar surface area (TPSA) is 0 Å². The van der Waals surface area contributed by atoms with Crippen LogP contribution in [-0.4, -0.2) is 0 Å². The molecule has 0 radical (unpaired) electrons. The van der Waals surface area contributed by atoms with E-state index in [1.165, 1.54) is 0 Å². The molecule has 16 heavy (non-hydrogen) atoms. The van der Waals surface area contributed by atoms with Gasteiger partial charge in [0.05, 0.1) is 0 Å². The third-order valence-electron chi connectivity index (χ3n) is 2.46. The van der Waals surface area contributed by atoms with Gasteiger partial charge in [-0.3, -0.25) is 0 Å². The van der Waals surface area contributed by atoms with E-state index in [1.807, 2.05) is 20.8 Å². The van der Waals surface area contributed by atoms with Crippen LogP contribution >= 0.6 is 0 Å². The van der Waals surface area contributed by atoms with Gasteiger partial charge in [0, 0.05) is 12.0 Å². The Labute approximate surface area is 94.5 Å². The van der Waals surface area contributed by atoms with Crippen LogP contribution in [0.5, 0.6) is 0 Å². The highest BCUT2D eigenvalue weighted by Crippen LogP contribution is 2.36. The summed E-state index contributed by atoms with van der Waals surface area (Å²) in [7, 11) is 0. The zero-order chi connectivity index (χ0) is 12.4. The van der Waals surface area contributed by atoms with Crippen molar-refractivity contribution in [3.63, 3.8) is 0 Å². The average Bonchev–Trinajstić information content (AvgIpc) is 2.15. The van der Waals surface area contributed by atoms with Crippen LogP contribution in [0.3, 0.4) is 0 Å². The molecule has 0 saturated heterocycles. The predicted octanol–water partition coefficient (Wildman–Crippen LogP) is 4.74. The van der Waals surface area contributed by atoms with Crippen molar-refractivity contribution in [2.75, 3.05) is 0 Å². The fourth-order valence-corrected chi connectivity index (χ4v) is 1.37. The lowest BCUT2D eigenvalue weighted by Crippen LogP contribution is -2.17. The molecule has 0 bridgehead atoms. The van der Waals surface area contributed by atoms with E-state index in [0.717, 1.165) is 24.3 Å². The molecule has 0 fully saturated rings. The fraction of sp³-hybridized carbons (Fsp3) is 0.538. The van der Waals surface area contributed by atoms with Crippen LogP contribution in [0.4, 0.5) is 13.2 Å². The molecule has 0 saturated carbocycles. The molecule has 0 amide bonds. The smallest absolute Gasteiger partial charge is 0.207 e. The van der Waals surface area contributed by atoms with Gasteiger partial charge in [-0.1, -0.05) is 32.9 Å². The van der Waals surface area contributed by atoms with Gasteiger partial charge in [0.1, 0.15) is 5.82 Å². The molecule has 0 spiro atoms. The van der Waals surface area contributed by atoms with Crippen LogP contribution in [-0.2, 0) is 5.92 Å². The van der Waals surface area contributed by atoms with Crippen molar-refractivity contribution in [3.8, 4) is 0 Å². The van der Waals surface area contributed by atoms with E-state index in [2.05, 4.69) is 0 Å². The molecule has 0 nitrogen and oxygen atoms in total. The van der Waals surface area contributed by atoms with Crippen LogP contribution in [0.25, 0.3) is 0 Å². The number of hydrogen-bond acceptors (Lipinski definition) is 0. The highest BCUT2D eigenvalue weighted by molar-refractivity contribution is 5.20. The SMILES string of the molecule is CC(C)(C)CCC(F)(F)c1ccc(F)cc1. The monoisotopic (exact) mass is 230 g/mol. The van der Waals surface area contributed by atoms with Gasteiger partial charge >= 0.3 is 0 Å². The molecule has 90 valence electrons. The van der Waals surface area contributed by atoms with Gasteiger partial charge in [-0.05, 0) is 24.0 Å². The Bertz CT molecular complexity index is 333. The van der Waals surface area contributed by atoms with E-state index in [4.69, 9.17) is 0 Å². The lowest BCUT2D eigenvalue weighted by atomic mass is 9.87. The van der Waals surface area contributed by atoms with Gasteiger partial charge in [-0.25, -0.2) is 13.2 Å². The van der Waals surface area contributed by atoms with Crippen molar-refractivity contribution in [2.24, 2.45) is 5.41 Å². The molecular formula is C13H17F3. The van der Waals surface area contributed by atoms with Gasteiger partial charge in [-0.2, -0.15) is 0 Å². The second-order valence-electron chi connectivity index (χ2n) is 5.27. The van der Waals surface area contributed by atoms with E-state index in [1.54, 1.807) is 0 Å². The highest BCUT2D eigenvalue weighted by atomic mass is 19.3. The third-order valence-corrected chi connectivity index (χ3v) is 2.46. The Balaban J connectivity index is 2.73. The van der Waals surface area contributed by atoms with Gasteiger partial charge in [0.15, 0.2) is 0 Å². The zero-order valence-corrected chi connectivity index (χ0v) is 9.86. The summed E-state index contributed by atoms with van der Waals surface area (Å²) in [4.78, 5) is 0. The summed E-state index contributed by atoms with van der Waals surface area (Å²) in [5, 5.41) is 0. The van der Waals surface area contributed by atoms with Crippen LogP contribution in [0.1, 0.15) is 39.2 Å². The maximum Gasteiger partial charge on any atom is 0.273 e. The van der Waals surface area contributed by atoms with E-state index in [-0.39, 0.29) is 17.4 Å². The molecular weight excluding hydrogens is 213 g/mol. The van der Waals surface area contributed by atoms with Crippen LogP contribution in [0.15, 0.2) is 24.3 Å². The van der Waals surface area contributed by atoms with Crippen molar-refractivity contribution < 1.29 is 13.2 Å². The second-order valence-corrected chi connectivity index (χ2v) is 5.27. The Morgan fingerprint density at radius 2 is 1.44 bits per heavy atom. The van der Waals surface area contributed by atoms with Crippen LogP contribution in [0, 0.1) is 11.2 Å². The predicted molar refractivity (Wildman–Crippen MR) is 59.0 cm³/mol. The van der Waals surface area contributed by atoms with E-state index in [0.29, 0.717) is 6.42 Å². The summed E-state index contributed by atoms with van der Waals surface area (Å²) in [5.41, 5.74) is -0.234. The first-order chi connectivity index (χ1) is 7.21. The minimum Gasteiger partial charge on any atom is -0.207 e. The quantitative estimate of drug-likeness (QED) is 0.703. The Hall–Kier alpha value is -0.990.